The van der Waals surface area contributed by atoms with E-state index in [4.69, 9.17) is 4.98 Å². The molecule has 5 rings (SSSR count). The van der Waals surface area contributed by atoms with Crippen molar-refractivity contribution in [3.05, 3.63) is 95.6 Å². The summed E-state index contributed by atoms with van der Waals surface area (Å²) in [6.07, 6.45) is 5.42. The molecule has 3 aromatic heterocycles. The van der Waals surface area contributed by atoms with Crippen molar-refractivity contribution in [2.24, 2.45) is 0 Å². The van der Waals surface area contributed by atoms with Gasteiger partial charge in [-0.3, -0.25) is 9.97 Å². The topological polar surface area (TPSA) is 50.7 Å². The summed E-state index contributed by atoms with van der Waals surface area (Å²) >= 11 is 1.61. The molecule has 0 saturated heterocycles. The van der Waals surface area contributed by atoms with Crippen LogP contribution in [0.4, 0.5) is 10.1 Å². The summed E-state index contributed by atoms with van der Waals surface area (Å²) in [7, 11) is 0. The van der Waals surface area contributed by atoms with E-state index in [9.17, 15) is 4.39 Å². The Morgan fingerprint density at radius 1 is 0.968 bits per heavy atom. The maximum Gasteiger partial charge on any atom is 0.126 e. The van der Waals surface area contributed by atoms with E-state index in [0.29, 0.717) is 12.1 Å². The maximum atomic E-state index is 13.9. The van der Waals surface area contributed by atoms with Crippen LogP contribution in [0, 0.1) is 12.7 Å². The Labute approximate surface area is 183 Å². The second kappa shape index (κ2) is 8.24. The molecule has 0 fully saturated rings. The van der Waals surface area contributed by atoms with E-state index in [1.54, 1.807) is 30.5 Å². The first-order chi connectivity index (χ1) is 15.2. The van der Waals surface area contributed by atoms with Gasteiger partial charge in [0.2, 0.25) is 0 Å². The van der Waals surface area contributed by atoms with Crippen LogP contribution in [0.15, 0.2) is 78.7 Å². The van der Waals surface area contributed by atoms with Gasteiger partial charge in [0.15, 0.2) is 0 Å². The van der Waals surface area contributed by atoms with Gasteiger partial charge in [0.1, 0.15) is 5.82 Å². The predicted octanol–water partition coefficient (Wildman–Crippen LogP) is 6.48. The van der Waals surface area contributed by atoms with E-state index in [0.717, 1.165) is 43.9 Å². The van der Waals surface area contributed by atoms with E-state index in [1.807, 2.05) is 42.2 Å². The summed E-state index contributed by atoms with van der Waals surface area (Å²) in [6, 6.07) is 17.4. The van der Waals surface area contributed by atoms with Crippen LogP contribution in [-0.4, -0.2) is 15.0 Å². The molecule has 0 spiro atoms. The lowest BCUT2D eigenvalue weighted by Gasteiger charge is -2.14. The fourth-order valence-electron chi connectivity index (χ4n) is 3.53. The average molecular weight is 427 g/mol. The second-order valence-electron chi connectivity index (χ2n) is 7.33. The van der Waals surface area contributed by atoms with Crippen molar-refractivity contribution in [2.45, 2.75) is 13.5 Å². The van der Waals surface area contributed by atoms with Gasteiger partial charge in [0.25, 0.3) is 0 Å². The van der Waals surface area contributed by atoms with Crippen LogP contribution in [0.2, 0.25) is 0 Å². The molecular formula is C25H19FN4S. The van der Waals surface area contributed by atoms with Gasteiger partial charge in [-0.15, -0.1) is 11.3 Å². The molecule has 0 atom stereocenters. The molecule has 0 unspecified atom stereocenters. The summed E-state index contributed by atoms with van der Waals surface area (Å²) in [5.74, 6) is -0.217. The smallest absolute Gasteiger partial charge is 0.126 e. The fourth-order valence-corrected chi connectivity index (χ4v) is 4.25. The van der Waals surface area contributed by atoms with Crippen LogP contribution >= 0.6 is 11.3 Å². The lowest BCUT2D eigenvalue weighted by atomic mass is 9.97. The Bertz CT molecular complexity index is 1360. The van der Waals surface area contributed by atoms with Crippen molar-refractivity contribution >= 4 is 27.2 Å². The van der Waals surface area contributed by atoms with E-state index < -0.39 is 0 Å². The van der Waals surface area contributed by atoms with Crippen LogP contribution in [0.1, 0.15) is 11.1 Å². The number of pyridine rings is 2. The van der Waals surface area contributed by atoms with Crippen molar-refractivity contribution in [3.63, 3.8) is 0 Å². The standard InChI is InChI=1S/C25H19FN4S/c1-16-9-19(4-6-22(16)26)25-21(18-5-7-23-24(10-18)31-15-30-23)11-20(14-29-25)28-13-17-3-2-8-27-12-17/h2-12,14-15,28H,13H2,1H3. The molecule has 3 heterocycles. The summed E-state index contributed by atoms with van der Waals surface area (Å²) in [6.45, 7) is 2.42. The third-order valence-corrected chi connectivity index (χ3v) is 5.97. The molecule has 0 bridgehead atoms. The molecular weight excluding hydrogens is 407 g/mol. The van der Waals surface area contributed by atoms with Gasteiger partial charge < -0.3 is 5.32 Å². The summed E-state index contributed by atoms with van der Waals surface area (Å²) in [4.78, 5) is 13.3. The number of thiazole rings is 1. The number of nitrogens with one attached hydrogen (secondary N) is 1. The normalized spacial score (nSPS) is 11.0. The maximum absolute atomic E-state index is 13.9. The lowest BCUT2D eigenvalue weighted by Crippen LogP contribution is -2.01. The summed E-state index contributed by atoms with van der Waals surface area (Å²) in [5.41, 5.74) is 9.16. The Morgan fingerprint density at radius 3 is 2.71 bits per heavy atom. The number of anilines is 1. The Hall–Kier alpha value is -3.64. The molecule has 5 aromatic rings. The third kappa shape index (κ3) is 4.02. The molecule has 0 aliphatic heterocycles. The van der Waals surface area contributed by atoms with Gasteiger partial charge in [-0.05, 0) is 66.1 Å². The molecule has 0 aliphatic rings. The van der Waals surface area contributed by atoms with Crippen molar-refractivity contribution in [1.82, 2.24) is 15.0 Å². The minimum absolute atomic E-state index is 0.217. The lowest BCUT2D eigenvalue weighted by molar-refractivity contribution is 0.619. The van der Waals surface area contributed by atoms with E-state index in [2.05, 4.69) is 33.5 Å². The number of aryl methyl sites for hydroxylation is 1. The SMILES string of the molecule is Cc1cc(-c2ncc(NCc3cccnc3)cc2-c2ccc3ncsc3c2)ccc1F. The van der Waals surface area contributed by atoms with E-state index in [1.165, 1.54) is 6.07 Å². The van der Waals surface area contributed by atoms with Crippen LogP contribution < -0.4 is 5.32 Å². The van der Waals surface area contributed by atoms with Crippen molar-refractivity contribution in [3.8, 4) is 22.4 Å². The average Bonchev–Trinajstić information content (AvgIpc) is 3.28. The minimum atomic E-state index is -0.217. The second-order valence-corrected chi connectivity index (χ2v) is 8.22. The quantitative estimate of drug-likeness (QED) is 0.349. The molecule has 4 nitrogen and oxygen atoms in total. The number of nitrogens with zero attached hydrogens (tertiary/aromatic N) is 3. The zero-order valence-corrected chi connectivity index (χ0v) is 17.7. The molecule has 6 heteroatoms. The molecule has 31 heavy (non-hydrogen) atoms. The highest BCUT2D eigenvalue weighted by molar-refractivity contribution is 7.16. The zero-order chi connectivity index (χ0) is 21.2. The van der Waals surface area contributed by atoms with Crippen molar-refractivity contribution in [2.75, 3.05) is 5.32 Å². The Kier molecular flexibility index (Phi) is 5.14. The highest BCUT2D eigenvalue weighted by atomic mass is 32.1. The number of hydrogen-bond acceptors (Lipinski definition) is 5. The third-order valence-electron chi connectivity index (χ3n) is 5.18. The van der Waals surface area contributed by atoms with Crippen LogP contribution in [0.5, 0.6) is 0 Å². The van der Waals surface area contributed by atoms with Crippen molar-refractivity contribution < 1.29 is 4.39 Å². The molecule has 2 aromatic carbocycles. The van der Waals surface area contributed by atoms with Gasteiger partial charge in [0, 0.05) is 30.1 Å². The zero-order valence-electron chi connectivity index (χ0n) is 16.8. The molecule has 0 amide bonds. The van der Waals surface area contributed by atoms with Gasteiger partial charge in [-0.25, -0.2) is 9.37 Å². The number of halogens is 1. The van der Waals surface area contributed by atoms with E-state index in [-0.39, 0.29) is 5.82 Å². The van der Waals surface area contributed by atoms with Gasteiger partial charge in [-0.2, -0.15) is 0 Å². The highest BCUT2D eigenvalue weighted by Gasteiger charge is 2.13. The van der Waals surface area contributed by atoms with Crippen LogP contribution in [0.25, 0.3) is 32.6 Å². The van der Waals surface area contributed by atoms with E-state index >= 15 is 0 Å². The predicted molar refractivity (Wildman–Crippen MR) is 125 cm³/mol. The molecule has 1 N–H and O–H groups in total. The van der Waals surface area contributed by atoms with Crippen LogP contribution in [0.3, 0.4) is 0 Å². The first-order valence-corrected chi connectivity index (χ1v) is 10.8. The number of fused-ring (bicyclic) bond motifs is 1. The first-order valence-electron chi connectivity index (χ1n) is 9.90. The Morgan fingerprint density at radius 2 is 1.87 bits per heavy atom. The molecule has 0 aliphatic carbocycles. The fraction of sp³-hybridized carbons (Fsp3) is 0.0800. The Balaban J connectivity index is 1.58. The van der Waals surface area contributed by atoms with Crippen LogP contribution in [-0.2, 0) is 6.54 Å². The van der Waals surface area contributed by atoms with Gasteiger partial charge in [-0.1, -0.05) is 12.1 Å². The molecule has 0 saturated carbocycles. The van der Waals surface area contributed by atoms with Gasteiger partial charge in [0.05, 0.1) is 33.3 Å². The highest BCUT2D eigenvalue weighted by Crippen LogP contribution is 2.35. The molecule has 152 valence electrons. The summed E-state index contributed by atoms with van der Waals surface area (Å²) < 4.78 is 15.0. The first kappa shape index (κ1) is 19.3. The number of hydrogen-bond donors (Lipinski definition) is 1. The largest absolute Gasteiger partial charge is 0.380 e. The molecule has 0 radical (unpaired) electrons. The summed E-state index contributed by atoms with van der Waals surface area (Å²) in [5, 5.41) is 3.43. The number of aromatic nitrogens is 3. The number of benzene rings is 2. The van der Waals surface area contributed by atoms with Gasteiger partial charge >= 0.3 is 0 Å². The van der Waals surface area contributed by atoms with Crippen molar-refractivity contribution in [1.29, 1.82) is 0 Å². The number of rotatable bonds is 5. The monoisotopic (exact) mass is 426 g/mol. The minimum Gasteiger partial charge on any atom is -0.380 e.